The minimum atomic E-state index is -0.658. The Morgan fingerprint density at radius 1 is 0.750 bits per heavy atom. The Bertz CT molecular complexity index is 964. The third kappa shape index (κ3) is 7.92. The Morgan fingerprint density at radius 3 is 1.70 bits per heavy atom. The van der Waals surface area contributed by atoms with Crippen LogP contribution in [0.4, 0.5) is 0 Å². The Morgan fingerprint density at radius 2 is 1.23 bits per heavy atom. The van der Waals surface area contributed by atoms with Crippen LogP contribution in [0.5, 0.6) is 0 Å². The van der Waals surface area contributed by atoms with E-state index in [1.54, 1.807) is 0 Å². The summed E-state index contributed by atoms with van der Waals surface area (Å²) in [5, 5.41) is 11.3. The quantitative estimate of drug-likeness (QED) is 0.277. The van der Waals surface area contributed by atoms with E-state index in [9.17, 15) is 14.7 Å². The summed E-state index contributed by atoms with van der Waals surface area (Å²) in [6.07, 6.45) is 6.08. The van der Waals surface area contributed by atoms with Gasteiger partial charge >= 0.3 is 249 Å². The van der Waals surface area contributed by atoms with Gasteiger partial charge in [0.2, 0.25) is 0 Å². The molecule has 0 aliphatic heterocycles. The van der Waals surface area contributed by atoms with Gasteiger partial charge in [-0.25, -0.2) is 0 Å². The number of carbonyl (C=O) groups is 2. The molecule has 1 N–H and O–H groups in total. The van der Waals surface area contributed by atoms with Crippen LogP contribution in [0.3, 0.4) is 0 Å². The van der Waals surface area contributed by atoms with Crippen LogP contribution in [0.25, 0.3) is 0 Å². The molecule has 3 saturated carbocycles. The molecule has 0 amide bonds. The van der Waals surface area contributed by atoms with E-state index in [-0.39, 0.29) is 50.3 Å². The minimum absolute atomic E-state index is 0.00452. The van der Waals surface area contributed by atoms with E-state index < -0.39 is 17.9 Å². The van der Waals surface area contributed by atoms with Gasteiger partial charge in [-0.1, -0.05) is 0 Å². The summed E-state index contributed by atoms with van der Waals surface area (Å²) in [6.45, 7) is 13.3. The van der Waals surface area contributed by atoms with Crippen LogP contribution in [0, 0.1) is 47.3 Å². The average Bonchev–Trinajstić information content (AvgIpc) is 2.90. The standard InChI is InChI=1S/C34H52O5Se/c1-20(2)25-14-12-22(5)16-30(25)38-33(36)27-18-29(35)32(40-24-10-8-7-9-11-24)19-28(27)34(37)39-31-17-23(6)13-15-26(31)21(3)4/h7-11,20-23,25-32,35H,12-19H2,1-6H3/t22-,23-,25+,26+,27+,28+,29+,30-,31-,32+/m0/s1. The second kappa shape index (κ2) is 14.2. The van der Waals surface area contributed by atoms with Gasteiger partial charge < -0.3 is 0 Å². The molecular formula is C34H52O5Se. The molecule has 0 spiro atoms. The molecule has 224 valence electrons. The summed E-state index contributed by atoms with van der Waals surface area (Å²) >= 11 is -0.00452. The van der Waals surface area contributed by atoms with E-state index in [1.807, 2.05) is 18.2 Å². The second-order valence-corrected chi connectivity index (χ2v) is 16.6. The molecule has 4 rings (SSSR count). The number of aliphatic hydroxyl groups is 1. The molecule has 3 fully saturated rings. The monoisotopic (exact) mass is 620 g/mol. The fourth-order valence-electron chi connectivity index (χ4n) is 7.44. The Kier molecular flexibility index (Phi) is 11.2. The van der Waals surface area contributed by atoms with Gasteiger partial charge in [0, 0.05) is 0 Å². The zero-order chi connectivity index (χ0) is 29.0. The van der Waals surface area contributed by atoms with Crippen molar-refractivity contribution in [1.82, 2.24) is 0 Å². The van der Waals surface area contributed by atoms with Crippen LogP contribution >= 0.6 is 0 Å². The number of hydrogen-bond acceptors (Lipinski definition) is 5. The van der Waals surface area contributed by atoms with Crippen LogP contribution in [0.2, 0.25) is 4.82 Å². The first kappa shape index (κ1) is 31.6. The maximum atomic E-state index is 14.0. The van der Waals surface area contributed by atoms with E-state index in [0.717, 1.165) is 32.1 Å². The Hall–Kier alpha value is -1.36. The summed E-state index contributed by atoms with van der Waals surface area (Å²) < 4.78 is 13.8. The van der Waals surface area contributed by atoms with Gasteiger partial charge in [-0.3, -0.25) is 0 Å². The van der Waals surface area contributed by atoms with Crippen LogP contribution in [-0.2, 0) is 19.1 Å². The summed E-state index contributed by atoms with van der Waals surface area (Å²) in [5.74, 6) is 0.796. The molecule has 10 atom stereocenters. The van der Waals surface area contributed by atoms with Crippen molar-refractivity contribution in [2.45, 2.75) is 116 Å². The van der Waals surface area contributed by atoms with E-state index in [1.165, 1.54) is 10.9 Å². The second-order valence-electron chi connectivity index (χ2n) is 13.8. The van der Waals surface area contributed by atoms with Crippen molar-refractivity contribution >= 4 is 31.4 Å². The van der Waals surface area contributed by atoms with E-state index in [4.69, 9.17) is 9.47 Å². The number of aliphatic hydroxyl groups excluding tert-OH is 1. The van der Waals surface area contributed by atoms with Crippen LogP contribution in [0.1, 0.15) is 92.9 Å². The number of esters is 2. The van der Waals surface area contributed by atoms with Gasteiger partial charge in [0.15, 0.2) is 0 Å². The summed E-state index contributed by atoms with van der Waals surface area (Å²) in [6, 6.07) is 10.2. The molecule has 1 aromatic rings. The molecule has 0 radical (unpaired) electrons. The van der Waals surface area contributed by atoms with E-state index >= 15 is 0 Å². The molecule has 0 saturated heterocycles. The first-order chi connectivity index (χ1) is 19.0. The summed E-state index contributed by atoms with van der Waals surface area (Å²) in [4.78, 5) is 27.8. The third-order valence-corrected chi connectivity index (χ3v) is 12.8. The van der Waals surface area contributed by atoms with Gasteiger partial charge in [-0.05, 0) is 0 Å². The molecule has 0 aromatic heterocycles. The summed E-state index contributed by atoms with van der Waals surface area (Å²) in [7, 11) is 0. The van der Waals surface area contributed by atoms with Crippen molar-refractivity contribution in [2.24, 2.45) is 47.3 Å². The fourth-order valence-corrected chi connectivity index (χ4v) is 10.0. The van der Waals surface area contributed by atoms with E-state index in [0.29, 0.717) is 41.9 Å². The average molecular weight is 620 g/mol. The van der Waals surface area contributed by atoms with Crippen molar-refractivity contribution in [1.29, 1.82) is 0 Å². The normalized spacial score (nSPS) is 36.8. The van der Waals surface area contributed by atoms with Crippen LogP contribution in [0.15, 0.2) is 30.3 Å². The number of benzene rings is 1. The van der Waals surface area contributed by atoms with Crippen LogP contribution < -0.4 is 4.46 Å². The predicted molar refractivity (Wildman–Crippen MR) is 160 cm³/mol. The van der Waals surface area contributed by atoms with Gasteiger partial charge in [0.1, 0.15) is 0 Å². The topological polar surface area (TPSA) is 72.8 Å². The molecule has 5 nitrogen and oxygen atoms in total. The number of ether oxygens (including phenoxy) is 2. The zero-order valence-electron chi connectivity index (χ0n) is 25.5. The van der Waals surface area contributed by atoms with Gasteiger partial charge in [0.05, 0.1) is 0 Å². The van der Waals surface area contributed by atoms with Crippen molar-refractivity contribution in [2.75, 3.05) is 0 Å². The zero-order valence-corrected chi connectivity index (χ0v) is 27.2. The summed E-state index contributed by atoms with van der Waals surface area (Å²) in [5.41, 5.74) is 0. The molecule has 3 aliphatic carbocycles. The number of rotatable bonds is 8. The van der Waals surface area contributed by atoms with Gasteiger partial charge in [0.25, 0.3) is 0 Å². The molecule has 6 heteroatoms. The maximum absolute atomic E-state index is 14.0. The Balaban J connectivity index is 1.54. The number of hydrogen-bond donors (Lipinski definition) is 1. The van der Waals surface area contributed by atoms with E-state index in [2.05, 4.69) is 53.7 Å². The first-order valence-electron chi connectivity index (χ1n) is 15.8. The van der Waals surface area contributed by atoms with Crippen molar-refractivity contribution in [3.63, 3.8) is 0 Å². The predicted octanol–water partition coefficient (Wildman–Crippen LogP) is 6.20. The molecule has 1 aromatic carbocycles. The van der Waals surface area contributed by atoms with Crippen molar-refractivity contribution in [3.8, 4) is 0 Å². The first-order valence-corrected chi connectivity index (χ1v) is 17.7. The molecule has 0 bridgehead atoms. The molecule has 40 heavy (non-hydrogen) atoms. The molecular weight excluding hydrogens is 567 g/mol. The SMILES string of the molecule is CC(C)[C@H]1CC[C@H](C)C[C@@H]1OC(=O)[C@@H]1C[C@@H](O)[C@H]([Se]c2ccccc2)C[C@H]1C(=O)O[C@H]1C[C@@H](C)CC[C@@H]1C(C)C. The van der Waals surface area contributed by atoms with Crippen LogP contribution in [-0.4, -0.2) is 50.3 Å². The molecule has 3 aliphatic rings. The van der Waals surface area contributed by atoms with Gasteiger partial charge in [-0.2, -0.15) is 0 Å². The third-order valence-electron chi connectivity index (χ3n) is 9.99. The molecule has 0 heterocycles. The fraction of sp³-hybridized carbons (Fsp3) is 0.765. The van der Waals surface area contributed by atoms with Crippen molar-refractivity contribution in [3.05, 3.63) is 30.3 Å². The molecule has 0 unspecified atom stereocenters. The van der Waals surface area contributed by atoms with Gasteiger partial charge in [-0.15, -0.1) is 0 Å². The van der Waals surface area contributed by atoms with Crippen molar-refractivity contribution < 1.29 is 24.2 Å². The Labute approximate surface area is 248 Å². The number of carbonyl (C=O) groups excluding carboxylic acids is 2.